The van der Waals surface area contributed by atoms with E-state index in [1.807, 2.05) is 23.2 Å². The van der Waals surface area contributed by atoms with Crippen LogP contribution in [0.1, 0.15) is 18.5 Å². The van der Waals surface area contributed by atoms with Crippen LogP contribution in [0.4, 0.5) is 0 Å². The first-order valence-electron chi connectivity index (χ1n) is 7.73. The van der Waals surface area contributed by atoms with Gasteiger partial charge in [-0.3, -0.25) is 14.8 Å². The van der Waals surface area contributed by atoms with E-state index in [0.717, 1.165) is 18.7 Å². The van der Waals surface area contributed by atoms with Crippen molar-refractivity contribution >= 4 is 30.7 Å². The number of rotatable bonds is 4. The van der Waals surface area contributed by atoms with Crippen LogP contribution >= 0.6 is 24.8 Å². The minimum atomic E-state index is -0.559. The molecule has 1 aliphatic heterocycles. The van der Waals surface area contributed by atoms with Crippen LogP contribution in [-0.4, -0.2) is 46.5 Å². The van der Waals surface area contributed by atoms with Gasteiger partial charge in [0.1, 0.15) is 5.75 Å². The quantitative estimate of drug-likeness (QED) is 0.875. The third kappa shape index (κ3) is 5.29. The number of amides is 1. The number of pyridine rings is 2. The number of piperazine rings is 1. The molecule has 1 saturated heterocycles. The molecule has 1 N–H and O–H groups in total. The number of carbonyl (C=O) groups excluding carboxylic acids is 1. The molecule has 0 bridgehead atoms. The van der Waals surface area contributed by atoms with E-state index in [2.05, 4.69) is 15.3 Å². The van der Waals surface area contributed by atoms with Gasteiger partial charge in [-0.1, -0.05) is 6.07 Å². The first-order valence-corrected chi connectivity index (χ1v) is 7.73. The van der Waals surface area contributed by atoms with Crippen molar-refractivity contribution in [1.82, 2.24) is 20.2 Å². The lowest BCUT2D eigenvalue weighted by Gasteiger charge is -2.37. The second-order valence-corrected chi connectivity index (χ2v) is 5.49. The molecule has 25 heavy (non-hydrogen) atoms. The Morgan fingerprint density at radius 2 is 1.96 bits per heavy atom. The van der Waals surface area contributed by atoms with E-state index in [1.165, 1.54) is 0 Å². The molecule has 0 saturated carbocycles. The van der Waals surface area contributed by atoms with Crippen molar-refractivity contribution in [1.29, 1.82) is 0 Å². The molecule has 0 aromatic carbocycles. The fraction of sp³-hybridized carbons (Fsp3) is 0.353. The SMILES string of the molecule is CC(Oc1cccnc1)C(=O)N1CCNCC1c1cccnc1.Cl.Cl. The summed E-state index contributed by atoms with van der Waals surface area (Å²) in [5.74, 6) is 0.575. The van der Waals surface area contributed by atoms with Gasteiger partial charge in [0.15, 0.2) is 6.10 Å². The Morgan fingerprint density at radius 3 is 2.60 bits per heavy atom. The summed E-state index contributed by atoms with van der Waals surface area (Å²) in [4.78, 5) is 22.9. The van der Waals surface area contributed by atoms with Crippen molar-refractivity contribution in [3.05, 3.63) is 54.6 Å². The summed E-state index contributed by atoms with van der Waals surface area (Å²) in [5.41, 5.74) is 1.03. The van der Waals surface area contributed by atoms with Gasteiger partial charge >= 0.3 is 0 Å². The van der Waals surface area contributed by atoms with Crippen LogP contribution in [0.15, 0.2) is 49.1 Å². The maximum Gasteiger partial charge on any atom is 0.263 e. The predicted octanol–water partition coefficient (Wildman–Crippen LogP) is 2.26. The van der Waals surface area contributed by atoms with Crippen molar-refractivity contribution in [3.8, 4) is 5.75 Å². The molecular formula is C17H22Cl2N4O2. The number of aromatic nitrogens is 2. The summed E-state index contributed by atoms with van der Waals surface area (Å²) < 4.78 is 5.72. The van der Waals surface area contributed by atoms with Crippen LogP contribution < -0.4 is 10.1 Å². The van der Waals surface area contributed by atoms with Gasteiger partial charge in [-0.25, -0.2) is 0 Å². The van der Waals surface area contributed by atoms with E-state index < -0.39 is 6.10 Å². The number of halogens is 2. The van der Waals surface area contributed by atoms with E-state index in [1.54, 1.807) is 37.6 Å². The highest BCUT2D eigenvalue weighted by Gasteiger charge is 2.31. The van der Waals surface area contributed by atoms with Gasteiger partial charge in [0.2, 0.25) is 0 Å². The number of nitrogens with one attached hydrogen (secondary N) is 1. The van der Waals surface area contributed by atoms with Gasteiger partial charge in [0, 0.05) is 38.2 Å². The van der Waals surface area contributed by atoms with Crippen LogP contribution in [-0.2, 0) is 4.79 Å². The van der Waals surface area contributed by atoms with E-state index in [0.29, 0.717) is 12.3 Å². The zero-order valence-electron chi connectivity index (χ0n) is 13.9. The topological polar surface area (TPSA) is 67.3 Å². The first kappa shape index (κ1) is 21.2. The standard InChI is InChI=1S/C17H20N4O2.2ClH/c1-13(23-15-5-3-7-19-11-15)17(22)21-9-8-20-12-16(21)14-4-2-6-18-10-14;;/h2-7,10-11,13,16,20H,8-9,12H2,1H3;2*1H. The molecule has 3 rings (SSSR count). The Hall–Kier alpha value is -1.89. The number of ether oxygens (including phenoxy) is 1. The average Bonchev–Trinajstić information content (AvgIpc) is 2.62. The van der Waals surface area contributed by atoms with Crippen molar-refractivity contribution in [3.63, 3.8) is 0 Å². The maximum atomic E-state index is 12.8. The fourth-order valence-electron chi connectivity index (χ4n) is 2.74. The molecule has 3 heterocycles. The Kier molecular flexibility index (Phi) is 8.61. The number of hydrogen-bond donors (Lipinski definition) is 1. The van der Waals surface area contributed by atoms with Crippen molar-refractivity contribution < 1.29 is 9.53 Å². The van der Waals surface area contributed by atoms with Crippen LogP contribution in [0, 0.1) is 0 Å². The lowest BCUT2D eigenvalue weighted by Crippen LogP contribution is -2.52. The number of carbonyl (C=O) groups is 1. The fourth-order valence-corrected chi connectivity index (χ4v) is 2.74. The summed E-state index contributed by atoms with van der Waals surface area (Å²) in [7, 11) is 0. The smallest absolute Gasteiger partial charge is 0.263 e. The minimum Gasteiger partial charge on any atom is -0.479 e. The van der Waals surface area contributed by atoms with Crippen LogP contribution in [0.25, 0.3) is 0 Å². The molecule has 2 aromatic rings. The van der Waals surface area contributed by atoms with Gasteiger partial charge in [0.05, 0.1) is 12.2 Å². The predicted molar refractivity (Wildman–Crippen MR) is 100 cm³/mol. The number of hydrogen-bond acceptors (Lipinski definition) is 5. The minimum absolute atomic E-state index is 0. The maximum absolute atomic E-state index is 12.8. The van der Waals surface area contributed by atoms with Gasteiger partial charge in [-0.15, -0.1) is 24.8 Å². The summed E-state index contributed by atoms with van der Waals surface area (Å²) >= 11 is 0. The molecular weight excluding hydrogens is 363 g/mol. The van der Waals surface area contributed by atoms with Crippen LogP contribution in [0.2, 0.25) is 0 Å². The molecule has 8 heteroatoms. The zero-order chi connectivity index (χ0) is 16.1. The Morgan fingerprint density at radius 1 is 1.24 bits per heavy atom. The molecule has 1 aliphatic rings. The molecule has 2 atom stereocenters. The molecule has 0 radical (unpaired) electrons. The summed E-state index contributed by atoms with van der Waals surface area (Å²) in [5, 5.41) is 3.33. The van der Waals surface area contributed by atoms with Crippen molar-refractivity contribution in [2.24, 2.45) is 0 Å². The van der Waals surface area contributed by atoms with Crippen LogP contribution in [0.5, 0.6) is 5.75 Å². The molecule has 1 amide bonds. The van der Waals surface area contributed by atoms with Crippen molar-refractivity contribution in [2.45, 2.75) is 19.1 Å². The van der Waals surface area contributed by atoms with Crippen molar-refractivity contribution in [2.75, 3.05) is 19.6 Å². The van der Waals surface area contributed by atoms with Crippen LogP contribution in [0.3, 0.4) is 0 Å². The monoisotopic (exact) mass is 384 g/mol. The molecule has 6 nitrogen and oxygen atoms in total. The first-order chi connectivity index (χ1) is 11.3. The Bertz CT molecular complexity index is 646. The Balaban J connectivity index is 0.00000156. The van der Waals surface area contributed by atoms with E-state index in [9.17, 15) is 4.79 Å². The van der Waals surface area contributed by atoms with E-state index in [4.69, 9.17) is 4.74 Å². The molecule has 0 spiro atoms. The summed E-state index contributed by atoms with van der Waals surface area (Å²) in [6.45, 7) is 3.93. The Labute approximate surface area is 159 Å². The van der Waals surface area contributed by atoms with E-state index in [-0.39, 0.29) is 36.8 Å². The second kappa shape index (κ2) is 10.2. The zero-order valence-corrected chi connectivity index (χ0v) is 15.5. The highest BCUT2D eigenvalue weighted by atomic mass is 35.5. The lowest BCUT2D eigenvalue weighted by atomic mass is 10.0. The third-order valence-corrected chi connectivity index (χ3v) is 3.89. The highest BCUT2D eigenvalue weighted by molar-refractivity contribution is 5.85. The average molecular weight is 385 g/mol. The second-order valence-electron chi connectivity index (χ2n) is 5.49. The molecule has 2 unspecified atom stereocenters. The normalized spacial score (nSPS) is 17.6. The van der Waals surface area contributed by atoms with Gasteiger partial charge in [-0.05, 0) is 30.7 Å². The van der Waals surface area contributed by atoms with Gasteiger partial charge in [-0.2, -0.15) is 0 Å². The summed E-state index contributed by atoms with van der Waals surface area (Å²) in [6.07, 6.45) is 6.27. The number of nitrogens with zero attached hydrogens (tertiary/aromatic N) is 3. The highest BCUT2D eigenvalue weighted by Crippen LogP contribution is 2.23. The van der Waals surface area contributed by atoms with Gasteiger partial charge < -0.3 is 15.0 Å². The molecule has 1 fully saturated rings. The van der Waals surface area contributed by atoms with E-state index >= 15 is 0 Å². The lowest BCUT2D eigenvalue weighted by molar-refractivity contribution is -0.141. The third-order valence-electron chi connectivity index (χ3n) is 3.89. The molecule has 136 valence electrons. The molecule has 0 aliphatic carbocycles. The van der Waals surface area contributed by atoms with Gasteiger partial charge in [0.25, 0.3) is 5.91 Å². The summed E-state index contributed by atoms with van der Waals surface area (Å²) in [6, 6.07) is 7.45. The molecule has 2 aromatic heterocycles. The largest absolute Gasteiger partial charge is 0.479 e.